The van der Waals surface area contributed by atoms with Crippen LogP contribution in [-0.2, 0) is 11.3 Å². The largest absolute Gasteiger partial charge is 0.465 e. The van der Waals surface area contributed by atoms with Gasteiger partial charge in [0.15, 0.2) is 5.16 Å². The van der Waals surface area contributed by atoms with E-state index in [1.165, 1.54) is 7.11 Å². The molecule has 140 valence electrons. The Bertz CT molecular complexity index is 791. The van der Waals surface area contributed by atoms with Crippen LogP contribution >= 0.6 is 11.8 Å². The molecule has 0 fully saturated rings. The van der Waals surface area contributed by atoms with E-state index in [4.69, 9.17) is 0 Å². The molecule has 1 heterocycles. The highest BCUT2D eigenvalue weighted by molar-refractivity contribution is 7.99. The van der Waals surface area contributed by atoms with Crippen LogP contribution in [0, 0.1) is 13.8 Å². The molecule has 1 aromatic heterocycles. The summed E-state index contributed by atoms with van der Waals surface area (Å²) < 4.78 is 6.70. The Morgan fingerprint density at radius 1 is 1.27 bits per heavy atom. The number of nitrogens with zero attached hydrogens (tertiary/aromatic N) is 3. The molecule has 26 heavy (non-hydrogen) atoms. The van der Waals surface area contributed by atoms with Crippen LogP contribution in [0.25, 0.3) is 0 Å². The Balaban J connectivity index is 1.81. The first-order chi connectivity index (χ1) is 12.5. The first-order valence-corrected chi connectivity index (χ1v) is 9.21. The van der Waals surface area contributed by atoms with Crippen molar-refractivity contribution in [2.75, 3.05) is 24.7 Å². The molecule has 0 bridgehead atoms. The summed E-state index contributed by atoms with van der Waals surface area (Å²) >= 11 is 1.55. The number of amides is 2. The van der Waals surface area contributed by atoms with Crippen molar-refractivity contribution in [2.24, 2.45) is 0 Å². The molecule has 2 aromatic rings. The minimum Gasteiger partial charge on any atom is -0.465 e. The van der Waals surface area contributed by atoms with E-state index in [9.17, 15) is 9.59 Å². The third-order valence-corrected chi connectivity index (χ3v) is 4.70. The number of esters is 1. The Hall–Kier alpha value is -2.55. The summed E-state index contributed by atoms with van der Waals surface area (Å²) in [4.78, 5) is 23.5. The van der Waals surface area contributed by atoms with Gasteiger partial charge in [0.2, 0.25) is 0 Å². The van der Waals surface area contributed by atoms with Gasteiger partial charge in [0, 0.05) is 24.5 Å². The molecule has 0 saturated heterocycles. The van der Waals surface area contributed by atoms with E-state index in [-0.39, 0.29) is 6.03 Å². The smallest absolute Gasteiger partial charge is 0.337 e. The van der Waals surface area contributed by atoms with Crippen molar-refractivity contribution in [1.82, 2.24) is 20.1 Å². The Kier molecular flexibility index (Phi) is 7.02. The highest BCUT2D eigenvalue weighted by Crippen LogP contribution is 2.18. The average molecular weight is 377 g/mol. The highest BCUT2D eigenvalue weighted by Gasteiger charge is 2.10. The summed E-state index contributed by atoms with van der Waals surface area (Å²) in [6.45, 7) is 7.08. The number of aromatic nitrogens is 3. The molecule has 2 N–H and O–H groups in total. The van der Waals surface area contributed by atoms with Gasteiger partial charge in [0.05, 0.1) is 12.7 Å². The van der Waals surface area contributed by atoms with Gasteiger partial charge in [-0.3, -0.25) is 0 Å². The molecule has 0 atom stereocenters. The summed E-state index contributed by atoms with van der Waals surface area (Å²) in [7, 11) is 1.33. The second kappa shape index (κ2) is 9.23. The number of methoxy groups -OCH3 is 1. The number of carbonyl (C=O) groups is 2. The lowest BCUT2D eigenvalue weighted by molar-refractivity contribution is 0.0600. The van der Waals surface area contributed by atoms with Gasteiger partial charge in [-0.1, -0.05) is 11.8 Å². The summed E-state index contributed by atoms with van der Waals surface area (Å²) in [5.41, 5.74) is 1.87. The van der Waals surface area contributed by atoms with Gasteiger partial charge >= 0.3 is 12.0 Å². The van der Waals surface area contributed by atoms with Gasteiger partial charge in [-0.2, -0.15) is 0 Å². The van der Waals surface area contributed by atoms with E-state index < -0.39 is 5.97 Å². The number of hydrogen-bond donors (Lipinski definition) is 2. The second-order valence-corrected chi connectivity index (χ2v) is 6.59. The van der Waals surface area contributed by atoms with E-state index >= 15 is 0 Å². The molecule has 0 aliphatic heterocycles. The van der Waals surface area contributed by atoms with E-state index in [0.717, 1.165) is 23.1 Å². The maximum absolute atomic E-state index is 12.0. The van der Waals surface area contributed by atoms with E-state index in [2.05, 4.69) is 25.6 Å². The maximum Gasteiger partial charge on any atom is 0.337 e. The van der Waals surface area contributed by atoms with Gasteiger partial charge in [-0.25, -0.2) is 9.59 Å². The fraction of sp³-hybridized carbons (Fsp3) is 0.412. The van der Waals surface area contributed by atoms with Crippen molar-refractivity contribution >= 4 is 29.4 Å². The fourth-order valence-corrected chi connectivity index (χ4v) is 3.26. The van der Waals surface area contributed by atoms with Crippen molar-refractivity contribution in [1.29, 1.82) is 0 Å². The first-order valence-electron chi connectivity index (χ1n) is 8.22. The number of ether oxygens (including phenoxy) is 1. The SMILES string of the molecule is CCn1c(C)nnc1SCCNC(=O)Nc1ccc(C(=O)OC)cc1C. The highest BCUT2D eigenvalue weighted by atomic mass is 32.2. The number of carbonyl (C=O) groups excluding carboxylic acids is 2. The van der Waals surface area contributed by atoms with Gasteiger partial charge in [0.25, 0.3) is 0 Å². The molecule has 1 aromatic carbocycles. The molecule has 2 rings (SSSR count). The van der Waals surface area contributed by atoms with Crippen LogP contribution in [0.15, 0.2) is 23.4 Å². The number of urea groups is 1. The number of nitrogens with one attached hydrogen (secondary N) is 2. The fourth-order valence-electron chi connectivity index (χ4n) is 2.35. The van der Waals surface area contributed by atoms with Gasteiger partial charge < -0.3 is 19.9 Å². The van der Waals surface area contributed by atoms with Crippen LogP contribution in [-0.4, -0.2) is 46.2 Å². The predicted octanol–water partition coefficient (Wildman–Crippen LogP) is 2.62. The molecule has 9 heteroatoms. The Labute approximate surface area is 156 Å². The van der Waals surface area contributed by atoms with Crippen LogP contribution in [0.2, 0.25) is 0 Å². The molecule has 0 saturated carbocycles. The topological polar surface area (TPSA) is 98.1 Å². The number of anilines is 1. The molecular weight excluding hydrogens is 354 g/mol. The van der Waals surface area contributed by atoms with Crippen molar-refractivity contribution in [2.45, 2.75) is 32.5 Å². The Morgan fingerprint density at radius 3 is 2.69 bits per heavy atom. The zero-order chi connectivity index (χ0) is 19.1. The number of aryl methyl sites for hydroxylation is 2. The molecule has 8 nitrogen and oxygen atoms in total. The average Bonchev–Trinajstić information content (AvgIpc) is 2.99. The monoisotopic (exact) mass is 377 g/mol. The third kappa shape index (κ3) is 4.98. The zero-order valence-electron chi connectivity index (χ0n) is 15.3. The number of benzene rings is 1. The van der Waals surface area contributed by atoms with Gasteiger partial charge in [0.1, 0.15) is 5.82 Å². The van der Waals surface area contributed by atoms with Gasteiger partial charge in [-0.05, 0) is 44.5 Å². The van der Waals surface area contributed by atoms with Crippen molar-refractivity contribution in [3.05, 3.63) is 35.2 Å². The quantitative estimate of drug-likeness (QED) is 0.437. The number of rotatable bonds is 7. The summed E-state index contributed by atoms with van der Waals surface area (Å²) in [5, 5.41) is 14.6. The standard InChI is InChI=1S/C17H23N5O3S/c1-5-22-12(3)20-21-17(22)26-9-8-18-16(24)19-14-7-6-13(10-11(14)2)15(23)25-4/h6-7,10H,5,8-9H2,1-4H3,(H2,18,19,24). The number of hydrogen-bond acceptors (Lipinski definition) is 6. The maximum atomic E-state index is 12.0. The zero-order valence-corrected chi connectivity index (χ0v) is 16.1. The normalized spacial score (nSPS) is 10.5. The van der Waals surface area contributed by atoms with Crippen LogP contribution in [0.5, 0.6) is 0 Å². The van der Waals surface area contributed by atoms with Crippen molar-refractivity contribution < 1.29 is 14.3 Å². The number of thioether (sulfide) groups is 1. The molecule has 0 unspecified atom stereocenters. The van der Waals surface area contributed by atoms with Crippen LogP contribution in [0.4, 0.5) is 10.5 Å². The first kappa shape index (κ1) is 19.8. The van der Waals surface area contributed by atoms with Crippen LogP contribution in [0.1, 0.15) is 28.7 Å². The summed E-state index contributed by atoms with van der Waals surface area (Å²) in [6, 6.07) is 4.68. The predicted molar refractivity (Wildman–Crippen MR) is 101 cm³/mol. The lowest BCUT2D eigenvalue weighted by Crippen LogP contribution is -2.30. The summed E-state index contributed by atoms with van der Waals surface area (Å²) in [5.74, 6) is 1.16. The van der Waals surface area contributed by atoms with Crippen molar-refractivity contribution in [3.63, 3.8) is 0 Å². The summed E-state index contributed by atoms with van der Waals surface area (Å²) in [6.07, 6.45) is 0. The Morgan fingerprint density at radius 2 is 2.04 bits per heavy atom. The van der Waals surface area contributed by atoms with E-state index in [1.54, 1.807) is 30.0 Å². The lowest BCUT2D eigenvalue weighted by Gasteiger charge is -2.11. The molecule has 0 aliphatic carbocycles. The third-order valence-electron chi connectivity index (χ3n) is 3.73. The van der Waals surface area contributed by atoms with Crippen LogP contribution in [0.3, 0.4) is 0 Å². The lowest BCUT2D eigenvalue weighted by atomic mass is 10.1. The van der Waals surface area contributed by atoms with Gasteiger partial charge in [-0.15, -0.1) is 10.2 Å². The molecular formula is C17H23N5O3S. The molecule has 2 amide bonds. The second-order valence-electron chi connectivity index (χ2n) is 5.52. The van der Waals surface area contributed by atoms with E-state index in [0.29, 0.717) is 23.5 Å². The van der Waals surface area contributed by atoms with Crippen LogP contribution < -0.4 is 10.6 Å². The molecule has 0 radical (unpaired) electrons. The molecule has 0 spiro atoms. The minimum absolute atomic E-state index is 0.298. The minimum atomic E-state index is -0.406. The van der Waals surface area contributed by atoms with Crippen molar-refractivity contribution in [3.8, 4) is 0 Å². The van der Waals surface area contributed by atoms with E-state index in [1.807, 2.05) is 25.3 Å². The molecule has 0 aliphatic rings.